The second-order valence-corrected chi connectivity index (χ2v) is 5.76. The fraction of sp³-hybridized carbons (Fsp3) is 0.316. The number of rotatable bonds is 5. The highest BCUT2D eigenvalue weighted by Gasteiger charge is 2.33. The Balaban J connectivity index is 1.64. The number of fused-ring (bicyclic) bond motifs is 1. The summed E-state index contributed by atoms with van der Waals surface area (Å²) in [7, 11) is 0. The Morgan fingerprint density at radius 2 is 1.92 bits per heavy atom. The highest BCUT2D eigenvalue weighted by Crippen LogP contribution is 2.33. The summed E-state index contributed by atoms with van der Waals surface area (Å²) >= 11 is 0. The average molecular weight is 343 g/mol. The number of hydrogen-bond acceptors (Lipinski definition) is 5. The molecule has 0 spiro atoms. The second kappa shape index (κ2) is 7.34. The van der Waals surface area contributed by atoms with Crippen LogP contribution in [0.2, 0.25) is 0 Å². The van der Waals surface area contributed by atoms with Crippen LogP contribution in [-0.4, -0.2) is 29.8 Å². The van der Waals surface area contributed by atoms with Crippen molar-refractivity contribution in [3.8, 4) is 23.0 Å². The number of amides is 1. The Bertz CT molecular complexity index is 761. The third-order valence-electron chi connectivity index (χ3n) is 3.89. The summed E-state index contributed by atoms with van der Waals surface area (Å²) in [4.78, 5) is 12.5. The molecule has 2 aromatic carbocycles. The van der Waals surface area contributed by atoms with Crippen LogP contribution in [0.1, 0.15) is 19.4 Å². The third-order valence-corrected chi connectivity index (χ3v) is 3.89. The van der Waals surface area contributed by atoms with Gasteiger partial charge in [-0.2, -0.15) is 0 Å². The maximum Gasteiger partial charge on any atom is 0.265 e. The molecule has 2 aromatic rings. The third kappa shape index (κ3) is 3.79. The maximum atomic E-state index is 12.5. The molecular formula is C19H21NO5. The van der Waals surface area contributed by atoms with Gasteiger partial charge in [-0.05, 0) is 43.7 Å². The number of aromatic hydroxyl groups is 1. The number of nitrogens with one attached hydrogen (secondary N) is 1. The van der Waals surface area contributed by atoms with Gasteiger partial charge in [0.25, 0.3) is 5.91 Å². The largest absolute Gasteiger partial charge is 0.504 e. The minimum absolute atomic E-state index is 0.0752. The molecule has 0 bridgehead atoms. The van der Waals surface area contributed by atoms with Crippen LogP contribution in [0.15, 0.2) is 42.5 Å². The topological polar surface area (TPSA) is 77.0 Å². The molecule has 1 amide bonds. The Hall–Kier alpha value is -2.89. The van der Waals surface area contributed by atoms with E-state index in [-0.39, 0.29) is 11.7 Å². The van der Waals surface area contributed by atoms with Crippen LogP contribution in [-0.2, 0) is 11.3 Å². The van der Waals surface area contributed by atoms with Crippen molar-refractivity contribution >= 4 is 5.91 Å². The number of para-hydroxylation sites is 2. The molecule has 1 heterocycles. The minimum Gasteiger partial charge on any atom is -0.504 e. The summed E-state index contributed by atoms with van der Waals surface area (Å²) in [6, 6.07) is 12.3. The van der Waals surface area contributed by atoms with Gasteiger partial charge < -0.3 is 24.6 Å². The van der Waals surface area contributed by atoms with Crippen molar-refractivity contribution in [2.24, 2.45) is 0 Å². The molecule has 0 aliphatic carbocycles. The van der Waals surface area contributed by atoms with Gasteiger partial charge in [0.15, 0.2) is 23.0 Å². The smallest absolute Gasteiger partial charge is 0.265 e. The molecule has 0 radical (unpaired) electrons. The Kier molecular flexibility index (Phi) is 4.97. The van der Waals surface area contributed by atoms with Crippen LogP contribution in [0.3, 0.4) is 0 Å². The predicted molar refractivity (Wildman–Crippen MR) is 92.1 cm³/mol. The number of hydrogen-bond donors (Lipinski definition) is 2. The zero-order valence-electron chi connectivity index (χ0n) is 14.2. The summed E-state index contributed by atoms with van der Waals surface area (Å²) in [6.45, 7) is 4.39. The lowest BCUT2D eigenvalue weighted by molar-refractivity contribution is -0.133. The van der Waals surface area contributed by atoms with Crippen LogP contribution in [0.5, 0.6) is 23.0 Å². The number of benzene rings is 2. The fourth-order valence-electron chi connectivity index (χ4n) is 2.64. The van der Waals surface area contributed by atoms with Crippen LogP contribution < -0.4 is 19.5 Å². The van der Waals surface area contributed by atoms with Crippen LogP contribution >= 0.6 is 0 Å². The summed E-state index contributed by atoms with van der Waals surface area (Å²) < 4.78 is 16.9. The molecule has 0 aromatic heterocycles. The highest BCUT2D eigenvalue weighted by atomic mass is 16.6. The van der Waals surface area contributed by atoms with E-state index in [1.54, 1.807) is 31.2 Å². The van der Waals surface area contributed by atoms with Crippen molar-refractivity contribution in [1.82, 2.24) is 5.32 Å². The van der Waals surface area contributed by atoms with Crippen LogP contribution in [0.4, 0.5) is 0 Å². The lowest BCUT2D eigenvalue weighted by atomic mass is 10.1. The van der Waals surface area contributed by atoms with E-state index in [4.69, 9.17) is 14.2 Å². The highest BCUT2D eigenvalue weighted by molar-refractivity contribution is 5.82. The Morgan fingerprint density at radius 3 is 2.64 bits per heavy atom. The lowest BCUT2D eigenvalue weighted by Gasteiger charge is -2.31. The summed E-state index contributed by atoms with van der Waals surface area (Å²) in [5.41, 5.74) is 0.819. The van der Waals surface area contributed by atoms with Gasteiger partial charge in [-0.15, -0.1) is 0 Å². The SMILES string of the molecule is CCOc1cc(CNC(=O)[C@H]2Oc3ccccc3O[C@@H]2C)ccc1O. The molecule has 25 heavy (non-hydrogen) atoms. The van der Waals surface area contributed by atoms with Gasteiger partial charge in [0.05, 0.1) is 6.61 Å². The first-order valence-corrected chi connectivity index (χ1v) is 8.23. The number of carbonyl (C=O) groups is 1. The molecule has 2 atom stereocenters. The molecule has 0 saturated carbocycles. The van der Waals surface area contributed by atoms with E-state index in [0.29, 0.717) is 30.4 Å². The normalized spacial score (nSPS) is 18.5. The van der Waals surface area contributed by atoms with Gasteiger partial charge in [-0.3, -0.25) is 4.79 Å². The second-order valence-electron chi connectivity index (χ2n) is 5.76. The zero-order chi connectivity index (χ0) is 17.8. The summed E-state index contributed by atoms with van der Waals surface area (Å²) in [5, 5.41) is 12.6. The van der Waals surface area contributed by atoms with E-state index in [0.717, 1.165) is 5.56 Å². The molecule has 132 valence electrons. The van der Waals surface area contributed by atoms with Crippen molar-refractivity contribution in [3.05, 3.63) is 48.0 Å². The van der Waals surface area contributed by atoms with E-state index in [1.807, 2.05) is 25.1 Å². The van der Waals surface area contributed by atoms with Gasteiger partial charge in [-0.1, -0.05) is 18.2 Å². The first kappa shape index (κ1) is 17.0. The first-order chi connectivity index (χ1) is 12.1. The molecule has 0 unspecified atom stereocenters. The van der Waals surface area contributed by atoms with Gasteiger partial charge in [0.2, 0.25) is 6.10 Å². The number of phenolic OH excluding ortho intramolecular Hbond substituents is 1. The Morgan fingerprint density at radius 1 is 1.20 bits per heavy atom. The van der Waals surface area contributed by atoms with Crippen LogP contribution in [0.25, 0.3) is 0 Å². The molecule has 0 saturated heterocycles. The quantitative estimate of drug-likeness (QED) is 0.873. The summed E-state index contributed by atoms with van der Waals surface area (Å²) in [5.74, 6) is 1.41. The average Bonchev–Trinajstić information content (AvgIpc) is 2.61. The van der Waals surface area contributed by atoms with Crippen LogP contribution in [0, 0.1) is 0 Å². The fourth-order valence-corrected chi connectivity index (χ4v) is 2.64. The first-order valence-electron chi connectivity index (χ1n) is 8.23. The van der Waals surface area contributed by atoms with Crippen molar-refractivity contribution in [2.45, 2.75) is 32.6 Å². The number of carbonyl (C=O) groups excluding carboxylic acids is 1. The van der Waals surface area contributed by atoms with E-state index >= 15 is 0 Å². The standard InChI is InChI=1S/C19H21NO5/c1-3-23-17-10-13(8-9-14(17)21)11-20-19(22)18-12(2)24-15-6-4-5-7-16(15)25-18/h4-10,12,18,21H,3,11H2,1-2H3,(H,20,22)/t12-,18+/m1/s1. The Labute approximate surface area is 146 Å². The van der Waals surface area contributed by atoms with Gasteiger partial charge >= 0.3 is 0 Å². The summed E-state index contributed by atoms with van der Waals surface area (Å²) in [6.07, 6.45) is -1.12. The molecule has 6 nitrogen and oxygen atoms in total. The molecule has 3 rings (SSSR count). The van der Waals surface area contributed by atoms with E-state index in [1.165, 1.54) is 0 Å². The predicted octanol–water partition coefficient (Wildman–Crippen LogP) is 2.64. The number of ether oxygens (including phenoxy) is 3. The van der Waals surface area contributed by atoms with Gasteiger partial charge in [-0.25, -0.2) is 0 Å². The van der Waals surface area contributed by atoms with Crippen molar-refractivity contribution in [1.29, 1.82) is 0 Å². The molecule has 1 aliphatic rings. The van der Waals surface area contributed by atoms with E-state index < -0.39 is 12.2 Å². The van der Waals surface area contributed by atoms with Gasteiger partial charge in [0.1, 0.15) is 6.10 Å². The van der Waals surface area contributed by atoms with Crippen molar-refractivity contribution in [2.75, 3.05) is 6.61 Å². The lowest BCUT2D eigenvalue weighted by Crippen LogP contribution is -2.48. The molecular weight excluding hydrogens is 322 g/mol. The van der Waals surface area contributed by atoms with Gasteiger partial charge in [0, 0.05) is 6.54 Å². The molecule has 6 heteroatoms. The van der Waals surface area contributed by atoms with Crippen molar-refractivity contribution in [3.63, 3.8) is 0 Å². The van der Waals surface area contributed by atoms with Crippen molar-refractivity contribution < 1.29 is 24.1 Å². The monoisotopic (exact) mass is 343 g/mol. The maximum absolute atomic E-state index is 12.5. The molecule has 2 N–H and O–H groups in total. The molecule has 0 fully saturated rings. The number of phenols is 1. The molecule has 1 aliphatic heterocycles. The minimum atomic E-state index is -0.724. The van der Waals surface area contributed by atoms with E-state index in [9.17, 15) is 9.90 Å². The van der Waals surface area contributed by atoms with E-state index in [2.05, 4.69) is 5.32 Å². The zero-order valence-corrected chi connectivity index (χ0v) is 14.2.